The minimum Gasteiger partial charge on any atom is -0.497 e. The minimum atomic E-state index is -0.303. The van der Waals surface area contributed by atoms with Crippen LogP contribution < -0.4 is 10.1 Å². The van der Waals surface area contributed by atoms with Gasteiger partial charge in [0.05, 0.1) is 25.1 Å². The van der Waals surface area contributed by atoms with Crippen LogP contribution in [0.1, 0.15) is 39.5 Å². The molecule has 0 bridgehead atoms. The van der Waals surface area contributed by atoms with Gasteiger partial charge in [0.1, 0.15) is 17.1 Å². The first-order valence-corrected chi connectivity index (χ1v) is 10.9. The Labute approximate surface area is 196 Å². The zero-order chi connectivity index (χ0) is 23.7. The fourth-order valence-corrected chi connectivity index (χ4v) is 4.04. The molecule has 7 heteroatoms. The van der Waals surface area contributed by atoms with Crippen LogP contribution in [-0.4, -0.2) is 28.5 Å². The van der Waals surface area contributed by atoms with E-state index in [0.29, 0.717) is 23.5 Å². The van der Waals surface area contributed by atoms with Crippen LogP contribution in [-0.2, 0) is 0 Å². The number of aliphatic imine (C=N–C) groups is 1. The predicted molar refractivity (Wildman–Crippen MR) is 130 cm³/mol. The third-order valence-corrected chi connectivity index (χ3v) is 5.92. The molecule has 0 aliphatic carbocycles. The van der Waals surface area contributed by atoms with Crippen molar-refractivity contribution in [1.29, 1.82) is 0 Å². The summed E-state index contributed by atoms with van der Waals surface area (Å²) >= 11 is 0. The topological polar surface area (TPSA) is 68.5 Å². The lowest BCUT2D eigenvalue weighted by Gasteiger charge is -2.25. The number of benzene rings is 3. The summed E-state index contributed by atoms with van der Waals surface area (Å²) in [6, 6.07) is 21.4. The minimum absolute atomic E-state index is 0.230. The van der Waals surface area contributed by atoms with E-state index in [4.69, 9.17) is 9.73 Å². The first-order chi connectivity index (χ1) is 16.5. The molecule has 5 rings (SSSR count). The molecule has 1 unspecified atom stereocenters. The highest BCUT2D eigenvalue weighted by Gasteiger charge is 2.29. The second kappa shape index (κ2) is 8.94. The molecule has 1 N–H and O–H groups in total. The lowest BCUT2D eigenvalue weighted by molar-refractivity contribution is 0.102. The average molecular weight is 455 g/mol. The zero-order valence-corrected chi connectivity index (χ0v) is 18.8. The molecule has 2 heterocycles. The molecule has 6 nitrogen and oxygen atoms in total. The van der Waals surface area contributed by atoms with Gasteiger partial charge < -0.3 is 10.1 Å². The van der Waals surface area contributed by atoms with Crippen LogP contribution in [0.4, 0.5) is 15.9 Å². The Balaban J connectivity index is 1.55. The summed E-state index contributed by atoms with van der Waals surface area (Å²) < 4.78 is 20.6. The molecular formula is C27H23FN4O2. The molecule has 0 fully saturated rings. The molecule has 1 aromatic heterocycles. The van der Waals surface area contributed by atoms with Crippen LogP contribution in [0, 0.1) is 12.7 Å². The number of halogens is 1. The number of hydrogen-bond donors (Lipinski definition) is 1. The van der Waals surface area contributed by atoms with E-state index < -0.39 is 0 Å². The van der Waals surface area contributed by atoms with Gasteiger partial charge in [0.15, 0.2) is 5.82 Å². The zero-order valence-electron chi connectivity index (χ0n) is 18.8. The molecule has 0 saturated carbocycles. The number of carbonyl (C=O) groups is 1. The molecule has 0 radical (unpaired) electrons. The second-order valence-corrected chi connectivity index (χ2v) is 8.21. The Morgan fingerprint density at radius 2 is 1.74 bits per heavy atom. The van der Waals surface area contributed by atoms with Crippen molar-refractivity contribution in [3.05, 3.63) is 107 Å². The van der Waals surface area contributed by atoms with E-state index in [1.807, 2.05) is 55.5 Å². The van der Waals surface area contributed by atoms with E-state index in [2.05, 4.69) is 10.4 Å². The van der Waals surface area contributed by atoms with Crippen molar-refractivity contribution < 1.29 is 13.9 Å². The third-order valence-electron chi connectivity index (χ3n) is 5.92. The number of methoxy groups -OCH3 is 1. The van der Waals surface area contributed by atoms with Crippen LogP contribution in [0.3, 0.4) is 0 Å². The van der Waals surface area contributed by atoms with Crippen LogP contribution >= 0.6 is 0 Å². The maximum atomic E-state index is 13.6. The van der Waals surface area contributed by atoms with E-state index in [-0.39, 0.29) is 17.8 Å². The summed E-state index contributed by atoms with van der Waals surface area (Å²) in [6.45, 7) is 1.99. The lowest BCUT2D eigenvalue weighted by atomic mass is 9.95. The van der Waals surface area contributed by atoms with E-state index in [9.17, 15) is 9.18 Å². The van der Waals surface area contributed by atoms with E-state index >= 15 is 0 Å². The Bertz CT molecular complexity index is 1360. The van der Waals surface area contributed by atoms with Crippen LogP contribution in [0.25, 0.3) is 0 Å². The van der Waals surface area contributed by atoms with Gasteiger partial charge in [-0.2, -0.15) is 5.10 Å². The van der Waals surface area contributed by atoms with Crippen LogP contribution in [0.2, 0.25) is 0 Å². The lowest BCUT2D eigenvalue weighted by Crippen LogP contribution is -2.22. The molecular weight excluding hydrogens is 431 g/mol. The summed E-state index contributed by atoms with van der Waals surface area (Å²) in [7, 11) is 1.62. The number of ether oxygens (including phenoxy) is 1. The van der Waals surface area contributed by atoms with E-state index in [1.165, 1.54) is 18.3 Å². The molecule has 170 valence electrons. The van der Waals surface area contributed by atoms with Crippen molar-refractivity contribution >= 4 is 23.1 Å². The molecule has 1 atom stereocenters. The van der Waals surface area contributed by atoms with Gasteiger partial charge in [0.25, 0.3) is 5.91 Å². The summed E-state index contributed by atoms with van der Waals surface area (Å²) in [5, 5.41) is 7.43. The van der Waals surface area contributed by atoms with Gasteiger partial charge in [-0.3, -0.25) is 4.79 Å². The number of aromatic nitrogens is 2. The largest absolute Gasteiger partial charge is 0.497 e. The molecule has 34 heavy (non-hydrogen) atoms. The first-order valence-electron chi connectivity index (χ1n) is 10.9. The number of anilines is 1. The number of carbonyl (C=O) groups excluding carboxylic acids is 1. The van der Waals surface area contributed by atoms with E-state index in [1.54, 1.807) is 23.9 Å². The molecule has 0 spiro atoms. The Kier molecular flexibility index (Phi) is 5.67. The van der Waals surface area contributed by atoms with Crippen LogP contribution in [0.5, 0.6) is 5.75 Å². The fraction of sp³-hybridized carbons (Fsp3) is 0.148. The summed E-state index contributed by atoms with van der Waals surface area (Å²) in [4.78, 5) is 18.0. The number of rotatable bonds is 5. The fourth-order valence-electron chi connectivity index (χ4n) is 4.04. The molecule has 1 amide bonds. The van der Waals surface area contributed by atoms with Crippen molar-refractivity contribution in [2.45, 2.75) is 19.4 Å². The molecule has 1 aliphatic rings. The van der Waals surface area contributed by atoms with Gasteiger partial charge in [0.2, 0.25) is 0 Å². The van der Waals surface area contributed by atoms with Gasteiger partial charge >= 0.3 is 0 Å². The molecule has 4 aromatic rings. The standard InChI is InChI=1S/C27H23FN4O2/c1-17-3-11-21(12-4-17)30-27(33)23-16-29-32-25(19-5-9-20(28)10-6-19)15-24(31-26(23)32)18-7-13-22(34-2)14-8-18/h3-14,16,25H,15H2,1-2H3,(H,30,33). The first kappa shape index (κ1) is 21.6. The average Bonchev–Trinajstić information content (AvgIpc) is 3.30. The Morgan fingerprint density at radius 1 is 1.03 bits per heavy atom. The number of nitrogens with one attached hydrogen (secondary N) is 1. The van der Waals surface area contributed by atoms with E-state index in [0.717, 1.165) is 28.2 Å². The highest BCUT2D eigenvalue weighted by atomic mass is 19.1. The molecule has 3 aromatic carbocycles. The normalized spacial score (nSPS) is 14.8. The number of hydrogen-bond acceptors (Lipinski definition) is 4. The van der Waals surface area contributed by atoms with Gasteiger partial charge in [-0.05, 0) is 66.6 Å². The number of amides is 1. The Morgan fingerprint density at radius 3 is 2.41 bits per heavy atom. The maximum Gasteiger partial charge on any atom is 0.261 e. The summed E-state index contributed by atoms with van der Waals surface area (Å²) in [6.07, 6.45) is 2.08. The SMILES string of the molecule is COc1ccc(C2=Nc3c(C(=O)Nc4ccc(C)cc4)cnn3C(c3ccc(F)cc3)C2)cc1. The summed E-state index contributed by atoms with van der Waals surface area (Å²) in [5.74, 6) is 0.625. The monoisotopic (exact) mass is 454 g/mol. The van der Waals surface area contributed by atoms with Crippen molar-refractivity contribution in [3.8, 4) is 5.75 Å². The second-order valence-electron chi connectivity index (χ2n) is 8.21. The predicted octanol–water partition coefficient (Wildman–Crippen LogP) is 5.71. The Hall–Kier alpha value is -4.26. The highest BCUT2D eigenvalue weighted by molar-refractivity contribution is 6.09. The van der Waals surface area contributed by atoms with Gasteiger partial charge in [-0.25, -0.2) is 14.1 Å². The van der Waals surface area contributed by atoms with Gasteiger partial charge in [-0.1, -0.05) is 29.8 Å². The molecule has 1 aliphatic heterocycles. The van der Waals surface area contributed by atoms with Gasteiger partial charge in [0, 0.05) is 12.1 Å². The van der Waals surface area contributed by atoms with Crippen molar-refractivity contribution in [1.82, 2.24) is 9.78 Å². The third kappa shape index (κ3) is 4.20. The van der Waals surface area contributed by atoms with Crippen LogP contribution in [0.15, 0.2) is 84.0 Å². The highest BCUT2D eigenvalue weighted by Crippen LogP contribution is 2.36. The van der Waals surface area contributed by atoms with Gasteiger partial charge in [-0.15, -0.1) is 0 Å². The van der Waals surface area contributed by atoms with Crippen molar-refractivity contribution in [2.75, 3.05) is 12.4 Å². The number of nitrogens with zero attached hydrogens (tertiary/aromatic N) is 3. The molecule has 0 saturated heterocycles. The van der Waals surface area contributed by atoms with Crippen molar-refractivity contribution in [3.63, 3.8) is 0 Å². The van der Waals surface area contributed by atoms with Crippen molar-refractivity contribution in [2.24, 2.45) is 4.99 Å². The smallest absolute Gasteiger partial charge is 0.261 e. The number of fused-ring (bicyclic) bond motifs is 1. The maximum absolute atomic E-state index is 13.6. The number of aryl methyl sites for hydroxylation is 1. The summed E-state index contributed by atoms with van der Waals surface area (Å²) in [5.41, 5.74) is 4.80. The quantitative estimate of drug-likeness (QED) is 0.420.